The average Bonchev–Trinajstić information content (AvgIpc) is 3.22. The fourth-order valence-corrected chi connectivity index (χ4v) is 4.50. The number of hydrogen-bond donors (Lipinski definition) is 3. The molecule has 0 bridgehead atoms. The van der Waals surface area contributed by atoms with Crippen molar-refractivity contribution in [3.63, 3.8) is 0 Å². The molecule has 1 amide bonds. The molecular formula is C25H28ClN3O4. The van der Waals surface area contributed by atoms with Crippen LogP contribution in [-0.4, -0.2) is 45.8 Å². The number of hydrogen-bond acceptors (Lipinski definition) is 6. The van der Waals surface area contributed by atoms with Gasteiger partial charge in [0, 0.05) is 19.2 Å². The van der Waals surface area contributed by atoms with Gasteiger partial charge >= 0.3 is 0 Å². The van der Waals surface area contributed by atoms with Gasteiger partial charge in [0.15, 0.2) is 11.5 Å². The molecule has 1 aliphatic rings. The molecule has 0 saturated carbocycles. The van der Waals surface area contributed by atoms with Gasteiger partial charge in [0.2, 0.25) is 0 Å². The maximum Gasteiger partial charge on any atom is 0.274 e. The summed E-state index contributed by atoms with van der Waals surface area (Å²) in [5, 5.41) is 27.1. The topological polar surface area (TPSA) is 98.8 Å². The van der Waals surface area contributed by atoms with E-state index in [1.54, 1.807) is 0 Å². The number of carbonyl (C=O) groups is 1. The standard InChI is InChI=1S/C25H28ClN3O4/c1-3-27-25(32)23-22(24(33-28-23)18-12-19(26)21(31)13-20(18)30)17-8-7-16(11-15(17)2)14-29-9-5-4-6-10-29/h7-8,11-13,30-31H,3-6,9-10,14H2,1-2H3,(H,27,32). The maximum absolute atomic E-state index is 12.8. The van der Waals surface area contributed by atoms with Crippen LogP contribution in [0.4, 0.5) is 0 Å². The van der Waals surface area contributed by atoms with Gasteiger partial charge in [-0.05, 0) is 62.5 Å². The lowest BCUT2D eigenvalue weighted by molar-refractivity contribution is 0.0947. The Labute approximate surface area is 198 Å². The van der Waals surface area contributed by atoms with Crippen molar-refractivity contribution in [2.45, 2.75) is 39.7 Å². The van der Waals surface area contributed by atoms with Crippen LogP contribution in [0.3, 0.4) is 0 Å². The minimum Gasteiger partial charge on any atom is -0.507 e. The van der Waals surface area contributed by atoms with E-state index >= 15 is 0 Å². The summed E-state index contributed by atoms with van der Waals surface area (Å²) in [5.74, 6) is -0.636. The highest BCUT2D eigenvalue weighted by Crippen LogP contribution is 2.43. The molecular weight excluding hydrogens is 442 g/mol. The second kappa shape index (κ2) is 9.85. The maximum atomic E-state index is 12.8. The van der Waals surface area contributed by atoms with Crippen molar-refractivity contribution >= 4 is 17.5 Å². The predicted molar refractivity (Wildman–Crippen MR) is 128 cm³/mol. The lowest BCUT2D eigenvalue weighted by Crippen LogP contribution is -2.29. The molecule has 2 aromatic carbocycles. The SMILES string of the molecule is CCNC(=O)c1noc(-c2cc(Cl)c(O)cc2O)c1-c1ccc(CN2CCCCC2)cc1C. The van der Waals surface area contributed by atoms with Gasteiger partial charge in [0.05, 0.1) is 16.1 Å². The van der Waals surface area contributed by atoms with E-state index in [9.17, 15) is 15.0 Å². The van der Waals surface area contributed by atoms with Gasteiger partial charge in [-0.1, -0.05) is 41.4 Å². The number of phenols is 2. The highest BCUT2D eigenvalue weighted by Gasteiger charge is 2.27. The Morgan fingerprint density at radius 1 is 1.12 bits per heavy atom. The zero-order valence-corrected chi connectivity index (χ0v) is 19.6. The lowest BCUT2D eigenvalue weighted by Gasteiger charge is -2.26. The molecule has 1 aliphatic heterocycles. The predicted octanol–water partition coefficient (Wildman–Crippen LogP) is 5.12. The minimum atomic E-state index is -0.372. The number of carbonyl (C=O) groups excluding carboxylic acids is 1. The molecule has 1 fully saturated rings. The molecule has 0 spiro atoms. The molecule has 0 atom stereocenters. The summed E-state index contributed by atoms with van der Waals surface area (Å²) in [5.41, 5.74) is 3.78. The van der Waals surface area contributed by atoms with Crippen LogP contribution in [0.15, 0.2) is 34.9 Å². The minimum absolute atomic E-state index is 0.0540. The summed E-state index contributed by atoms with van der Waals surface area (Å²) in [7, 11) is 0. The van der Waals surface area contributed by atoms with E-state index in [1.807, 2.05) is 19.9 Å². The van der Waals surface area contributed by atoms with E-state index in [4.69, 9.17) is 16.1 Å². The highest BCUT2D eigenvalue weighted by atomic mass is 35.5. The summed E-state index contributed by atoms with van der Waals surface area (Å²) in [6.45, 7) is 7.35. The number of phenolic OH excluding ortho intramolecular Hbond substituents is 2. The molecule has 1 aromatic heterocycles. The molecule has 174 valence electrons. The Balaban J connectivity index is 1.79. The van der Waals surface area contributed by atoms with E-state index in [-0.39, 0.29) is 39.4 Å². The van der Waals surface area contributed by atoms with Crippen molar-refractivity contribution in [1.82, 2.24) is 15.4 Å². The van der Waals surface area contributed by atoms with Crippen LogP contribution >= 0.6 is 11.6 Å². The van der Waals surface area contributed by atoms with Gasteiger partial charge in [0.1, 0.15) is 11.5 Å². The van der Waals surface area contributed by atoms with Crippen LogP contribution in [0.1, 0.15) is 47.8 Å². The van der Waals surface area contributed by atoms with Gasteiger partial charge in [0.25, 0.3) is 5.91 Å². The number of aryl methyl sites for hydroxylation is 1. The summed E-state index contributed by atoms with van der Waals surface area (Å²) < 4.78 is 5.57. The van der Waals surface area contributed by atoms with Crippen molar-refractivity contribution in [2.75, 3.05) is 19.6 Å². The van der Waals surface area contributed by atoms with Crippen LogP contribution in [-0.2, 0) is 6.54 Å². The molecule has 8 heteroatoms. The third-order valence-electron chi connectivity index (χ3n) is 5.97. The Hall–Kier alpha value is -3.03. The van der Waals surface area contributed by atoms with E-state index in [2.05, 4.69) is 27.5 Å². The number of aromatic hydroxyl groups is 2. The van der Waals surface area contributed by atoms with Crippen molar-refractivity contribution in [3.8, 4) is 33.9 Å². The molecule has 2 heterocycles. The molecule has 0 unspecified atom stereocenters. The summed E-state index contributed by atoms with van der Waals surface area (Å²) >= 11 is 6.09. The second-order valence-electron chi connectivity index (χ2n) is 8.40. The number of amides is 1. The first-order valence-electron chi connectivity index (χ1n) is 11.2. The third kappa shape index (κ3) is 4.84. The van der Waals surface area contributed by atoms with E-state index in [0.717, 1.165) is 36.8 Å². The Morgan fingerprint density at radius 3 is 2.58 bits per heavy atom. The molecule has 7 nitrogen and oxygen atoms in total. The highest BCUT2D eigenvalue weighted by molar-refractivity contribution is 6.32. The van der Waals surface area contributed by atoms with Gasteiger partial charge in [-0.3, -0.25) is 9.69 Å². The molecule has 1 saturated heterocycles. The first-order valence-corrected chi connectivity index (χ1v) is 11.6. The quantitative estimate of drug-likeness (QED) is 0.463. The number of piperidine rings is 1. The van der Waals surface area contributed by atoms with Crippen LogP contribution < -0.4 is 5.32 Å². The first kappa shape index (κ1) is 23.1. The van der Waals surface area contributed by atoms with Gasteiger partial charge in [-0.15, -0.1) is 0 Å². The van der Waals surface area contributed by atoms with Gasteiger partial charge in [-0.25, -0.2) is 0 Å². The molecule has 33 heavy (non-hydrogen) atoms. The number of halogens is 1. The van der Waals surface area contributed by atoms with Crippen molar-refractivity contribution in [1.29, 1.82) is 0 Å². The zero-order chi connectivity index (χ0) is 23.5. The normalized spacial score (nSPS) is 14.4. The largest absolute Gasteiger partial charge is 0.507 e. The number of benzene rings is 2. The van der Waals surface area contributed by atoms with Crippen molar-refractivity contribution < 1.29 is 19.5 Å². The fourth-order valence-electron chi connectivity index (χ4n) is 4.34. The van der Waals surface area contributed by atoms with E-state index in [0.29, 0.717) is 12.1 Å². The smallest absolute Gasteiger partial charge is 0.274 e. The summed E-state index contributed by atoms with van der Waals surface area (Å²) in [4.78, 5) is 15.2. The average molecular weight is 470 g/mol. The number of nitrogens with zero attached hydrogens (tertiary/aromatic N) is 2. The summed E-state index contributed by atoms with van der Waals surface area (Å²) in [6.07, 6.45) is 3.76. The summed E-state index contributed by atoms with van der Waals surface area (Å²) in [6, 6.07) is 8.68. The second-order valence-corrected chi connectivity index (χ2v) is 8.81. The monoisotopic (exact) mass is 469 g/mol. The van der Waals surface area contributed by atoms with E-state index < -0.39 is 0 Å². The Bertz CT molecular complexity index is 1170. The Morgan fingerprint density at radius 2 is 1.88 bits per heavy atom. The molecule has 4 rings (SSSR count). The van der Waals surface area contributed by atoms with E-state index in [1.165, 1.54) is 30.9 Å². The van der Waals surface area contributed by atoms with Crippen LogP contribution in [0, 0.1) is 6.92 Å². The first-order chi connectivity index (χ1) is 15.9. The van der Waals surface area contributed by atoms with Crippen molar-refractivity contribution in [3.05, 3.63) is 52.2 Å². The van der Waals surface area contributed by atoms with Gasteiger partial charge < -0.3 is 20.1 Å². The molecule has 3 N–H and O–H groups in total. The lowest BCUT2D eigenvalue weighted by atomic mass is 9.93. The van der Waals surface area contributed by atoms with Crippen LogP contribution in [0.2, 0.25) is 5.02 Å². The number of likely N-dealkylation sites (tertiary alicyclic amines) is 1. The number of nitrogens with one attached hydrogen (secondary N) is 1. The molecule has 3 aromatic rings. The van der Waals surface area contributed by atoms with Crippen LogP contribution in [0.25, 0.3) is 22.5 Å². The molecule has 0 radical (unpaired) electrons. The number of rotatable bonds is 6. The van der Waals surface area contributed by atoms with Gasteiger partial charge in [-0.2, -0.15) is 0 Å². The molecule has 0 aliphatic carbocycles. The zero-order valence-electron chi connectivity index (χ0n) is 18.8. The fraction of sp³-hybridized carbons (Fsp3) is 0.360. The third-order valence-corrected chi connectivity index (χ3v) is 6.27. The van der Waals surface area contributed by atoms with Crippen molar-refractivity contribution in [2.24, 2.45) is 0 Å². The Kier molecular flexibility index (Phi) is 6.91. The van der Waals surface area contributed by atoms with Crippen LogP contribution in [0.5, 0.6) is 11.5 Å². The number of aromatic nitrogens is 1.